The van der Waals surface area contributed by atoms with Crippen LogP contribution in [0.5, 0.6) is 0 Å². The number of ketones is 1. The van der Waals surface area contributed by atoms with Gasteiger partial charge >= 0.3 is 5.97 Å². The van der Waals surface area contributed by atoms with E-state index >= 15 is 0 Å². The van der Waals surface area contributed by atoms with Crippen molar-refractivity contribution in [3.63, 3.8) is 0 Å². The smallest absolute Gasteiger partial charge is 0.331 e. The van der Waals surface area contributed by atoms with E-state index in [4.69, 9.17) is 28.4 Å². The molecule has 4 aliphatic carbocycles. The van der Waals surface area contributed by atoms with Crippen LogP contribution in [0.1, 0.15) is 71.6 Å². The van der Waals surface area contributed by atoms with Gasteiger partial charge in [0.2, 0.25) is 0 Å². The molecule has 280 valence electrons. The highest BCUT2D eigenvalue weighted by Gasteiger charge is 2.69. The Morgan fingerprint density at radius 2 is 1.72 bits per heavy atom. The molecule has 0 aromatic heterocycles. The predicted molar refractivity (Wildman–Crippen MR) is 170 cm³/mol. The van der Waals surface area contributed by atoms with E-state index in [0.29, 0.717) is 25.7 Å². The van der Waals surface area contributed by atoms with E-state index in [1.165, 1.54) is 7.11 Å². The molecule has 17 atom stereocenters. The van der Waals surface area contributed by atoms with Gasteiger partial charge < -0.3 is 58.7 Å². The van der Waals surface area contributed by atoms with Gasteiger partial charge in [0, 0.05) is 24.0 Å². The molecule has 6 fully saturated rings. The molecule has 0 aromatic carbocycles. The van der Waals surface area contributed by atoms with Crippen LogP contribution in [0.2, 0.25) is 0 Å². The fourth-order valence-electron chi connectivity index (χ4n) is 11.4. The topological polar surface area (TPSA) is 208 Å². The van der Waals surface area contributed by atoms with Crippen LogP contribution in [0.15, 0.2) is 11.6 Å². The van der Waals surface area contributed by atoms with E-state index in [1.54, 1.807) is 13.0 Å². The molecule has 7 rings (SSSR count). The number of carbonyl (C=O) groups excluding carboxylic acids is 3. The number of methoxy groups -OCH3 is 1. The van der Waals surface area contributed by atoms with Gasteiger partial charge in [-0.3, -0.25) is 4.79 Å². The molecule has 0 amide bonds. The van der Waals surface area contributed by atoms with Crippen LogP contribution in [0.3, 0.4) is 0 Å². The van der Waals surface area contributed by atoms with Crippen LogP contribution in [-0.2, 0) is 42.8 Å². The van der Waals surface area contributed by atoms with Gasteiger partial charge in [-0.2, -0.15) is 0 Å². The zero-order chi connectivity index (χ0) is 35.7. The number of ether oxygens (including phenoxy) is 6. The number of aliphatic hydroxyl groups is 5. The first kappa shape index (κ1) is 36.5. The second-order valence-corrected chi connectivity index (χ2v) is 16.1. The SMILES string of the molecule is CO[C@H]1[C@H](O)[C@@H](O[C@H]2CC[C@@]3(C=O)C(CC[C@@H]4[C@@H]3CC[C@]3(C)[C@@H](C5=CC(=O)OC5)CC[C@]43O)C2)O[C@@H](C)[C@@H]1O[C@@H]1O[C@H](CO)[C@@H](O)C(=O)[C@H]1O. The lowest BCUT2D eigenvalue weighted by Gasteiger charge is -2.63. The minimum atomic E-state index is -1.82. The molecule has 0 radical (unpaired) electrons. The third-order valence-corrected chi connectivity index (χ3v) is 14.0. The highest BCUT2D eigenvalue weighted by atomic mass is 16.7. The molecule has 5 N–H and O–H groups in total. The van der Waals surface area contributed by atoms with Gasteiger partial charge in [-0.15, -0.1) is 0 Å². The molecule has 2 saturated heterocycles. The molecule has 50 heavy (non-hydrogen) atoms. The maximum atomic E-state index is 13.2. The van der Waals surface area contributed by atoms with E-state index in [2.05, 4.69) is 6.92 Å². The normalized spacial score (nSPS) is 52.0. The van der Waals surface area contributed by atoms with Crippen molar-refractivity contribution in [2.45, 2.75) is 139 Å². The first-order chi connectivity index (χ1) is 23.8. The number of cyclic esters (lactones) is 1. The Kier molecular flexibility index (Phi) is 9.88. The van der Waals surface area contributed by atoms with Gasteiger partial charge in [0.05, 0.1) is 24.4 Å². The van der Waals surface area contributed by atoms with Crippen molar-refractivity contribution in [1.29, 1.82) is 0 Å². The summed E-state index contributed by atoms with van der Waals surface area (Å²) in [5, 5.41) is 53.8. The van der Waals surface area contributed by atoms with Crippen LogP contribution < -0.4 is 0 Å². The zero-order valence-corrected chi connectivity index (χ0v) is 28.9. The average Bonchev–Trinajstić information content (AvgIpc) is 3.65. The van der Waals surface area contributed by atoms with Gasteiger partial charge in [-0.1, -0.05) is 6.92 Å². The maximum Gasteiger partial charge on any atom is 0.331 e. The summed E-state index contributed by atoms with van der Waals surface area (Å²) in [7, 11) is 1.38. The molecule has 4 saturated carbocycles. The molecule has 3 aliphatic heterocycles. The number of aliphatic hydroxyl groups excluding tert-OH is 4. The highest BCUT2D eigenvalue weighted by Crippen LogP contribution is 2.69. The third kappa shape index (κ3) is 5.55. The summed E-state index contributed by atoms with van der Waals surface area (Å²) < 4.78 is 34.7. The van der Waals surface area contributed by atoms with Crippen LogP contribution >= 0.6 is 0 Å². The lowest BCUT2D eigenvalue weighted by molar-refractivity contribution is -0.347. The van der Waals surface area contributed by atoms with Crippen LogP contribution in [-0.4, -0.2) is 131 Å². The Labute approximate surface area is 291 Å². The van der Waals surface area contributed by atoms with Crippen LogP contribution in [0.4, 0.5) is 0 Å². The van der Waals surface area contributed by atoms with E-state index in [9.17, 15) is 39.9 Å². The number of esters is 1. The number of carbonyl (C=O) groups is 3. The van der Waals surface area contributed by atoms with Gasteiger partial charge in [-0.05, 0) is 94.0 Å². The van der Waals surface area contributed by atoms with Crippen molar-refractivity contribution in [3.05, 3.63) is 11.6 Å². The van der Waals surface area contributed by atoms with Gasteiger partial charge in [-0.25, -0.2) is 4.79 Å². The minimum Gasteiger partial charge on any atom is -0.458 e. The van der Waals surface area contributed by atoms with Crippen molar-refractivity contribution in [3.8, 4) is 0 Å². The van der Waals surface area contributed by atoms with Crippen molar-refractivity contribution < 1.29 is 68.3 Å². The Bertz CT molecular complexity index is 1360. The Morgan fingerprint density at radius 3 is 2.40 bits per heavy atom. The first-order valence-corrected chi connectivity index (χ1v) is 18.2. The fourth-order valence-corrected chi connectivity index (χ4v) is 11.4. The summed E-state index contributed by atoms with van der Waals surface area (Å²) in [6, 6.07) is 0. The van der Waals surface area contributed by atoms with E-state index in [0.717, 1.165) is 44.0 Å². The summed E-state index contributed by atoms with van der Waals surface area (Å²) in [4.78, 5) is 37.4. The van der Waals surface area contributed by atoms with Crippen LogP contribution in [0.25, 0.3) is 0 Å². The van der Waals surface area contributed by atoms with Crippen molar-refractivity contribution in [2.24, 2.45) is 34.5 Å². The molecule has 14 nitrogen and oxygen atoms in total. The second-order valence-electron chi connectivity index (χ2n) is 16.1. The number of aldehydes is 1. The van der Waals surface area contributed by atoms with Crippen LogP contribution in [0, 0.1) is 34.5 Å². The minimum absolute atomic E-state index is 0.0228. The summed E-state index contributed by atoms with van der Waals surface area (Å²) in [5.74, 6) is -1.13. The van der Waals surface area contributed by atoms with Gasteiger partial charge in [0.25, 0.3) is 0 Å². The van der Waals surface area contributed by atoms with E-state index < -0.39 is 84.1 Å². The molecular formula is C36H52O14. The van der Waals surface area contributed by atoms with Crippen molar-refractivity contribution in [1.82, 2.24) is 0 Å². The second kappa shape index (κ2) is 13.5. The molecular weight excluding hydrogens is 656 g/mol. The molecule has 7 aliphatic rings. The molecule has 3 heterocycles. The molecule has 1 unspecified atom stereocenters. The quantitative estimate of drug-likeness (QED) is 0.131. The average molecular weight is 709 g/mol. The number of rotatable bonds is 8. The summed E-state index contributed by atoms with van der Waals surface area (Å²) >= 11 is 0. The molecule has 0 spiro atoms. The lowest BCUT2D eigenvalue weighted by Crippen LogP contribution is -2.64. The maximum absolute atomic E-state index is 13.2. The number of fused-ring (bicyclic) bond motifs is 5. The summed E-state index contributed by atoms with van der Waals surface area (Å²) in [6.07, 6.45) is -2.72. The number of hydrogen-bond acceptors (Lipinski definition) is 14. The lowest BCUT2D eigenvalue weighted by atomic mass is 9.43. The number of hydrogen-bond donors (Lipinski definition) is 5. The third-order valence-electron chi connectivity index (χ3n) is 14.0. The molecule has 14 heteroatoms. The van der Waals surface area contributed by atoms with E-state index in [-0.39, 0.29) is 42.4 Å². The predicted octanol–water partition coefficient (Wildman–Crippen LogP) is 0.322. The standard InChI is InChI=1S/C36H52O14/c1-17-30(50-32-28(42)27(41)26(40)24(14-37)49-32)31(45-3)29(43)33(47-17)48-20-6-10-35(16-38)19(13-20)4-5-23-22(35)7-9-34(2)21(8-11-36(23,34)44)18-12-25(39)46-15-18/h12,16-17,19-24,26,28-33,37,40,42-44H,4-11,13-15H2,1-3H3/t17-,19?,20-,21+,22-,23+,24+,26+,28+,29-,30-,31-,32-,33+,34+,35+,36-/m0/s1. The Hall–Kier alpha value is -1.85. The molecule has 0 aromatic rings. The van der Waals surface area contributed by atoms with Crippen molar-refractivity contribution >= 4 is 18.0 Å². The fraction of sp³-hybridized carbons (Fsp3) is 0.861. The zero-order valence-electron chi connectivity index (χ0n) is 28.9. The Morgan fingerprint density at radius 1 is 0.940 bits per heavy atom. The van der Waals surface area contributed by atoms with Gasteiger partial charge in [0.1, 0.15) is 43.4 Å². The molecule has 0 bridgehead atoms. The van der Waals surface area contributed by atoms with Crippen molar-refractivity contribution in [2.75, 3.05) is 20.3 Å². The summed E-state index contributed by atoms with van der Waals surface area (Å²) in [6.45, 7) is 3.46. The van der Waals surface area contributed by atoms with Gasteiger partial charge in [0.15, 0.2) is 24.5 Å². The largest absolute Gasteiger partial charge is 0.458 e. The van der Waals surface area contributed by atoms with E-state index in [1.807, 2.05) is 0 Å². The summed E-state index contributed by atoms with van der Waals surface area (Å²) in [5.41, 5.74) is -0.941. The highest BCUT2D eigenvalue weighted by molar-refractivity contribution is 5.88. The first-order valence-electron chi connectivity index (χ1n) is 18.2. The Balaban J connectivity index is 1.01. The number of Topliss-reactive ketones (excluding diaryl/α,β-unsaturated/α-hetero) is 1. The monoisotopic (exact) mass is 708 g/mol.